The molecule has 188 valence electrons. The lowest BCUT2D eigenvalue weighted by atomic mass is 10.0. The van der Waals surface area contributed by atoms with E-state index in [9.17, 15) is 19.7 Å². The molecule has 0 unspecified atom stereocenters. The number of halogens is 1. The number of nitro benzene ring substituents is 1. The molecule has 0 bridgehead atoms. The van der Waals surface area contributed by atoms with Gasteiger partial charge in [-0.15, -0.1) is 0 Å². The van der Waals surface area contributed by atoms with E-state index in [1.807, 2.05) is 54.6 Å². The largest absolute Gasteiger partial charge is 0.490 e. The molecule has 1 N–H and O–H groups in total. The molecule has 3 rings (SSSR count). The average Bonchev–Trinajstić information content (AvgIpc) is 2.90. The van der Waals surface area contributed by atoms with Crippen molar-refractivity contribution in [3.05, 3.63) is 98.5 Å². The van der Waals surface area contributed by atoms with Crippen LogP contribution >= 0.6 is 15.9 Å². The Morgan fingerprint density at radius 1 is 1.06 bits per heavy atom. The quantitative estimate of drug-likeness (QED) is 0.281. The molecule has 0 aliphatic heterocycles. The van der Waals surface area contributed by atoms with Crippen LogP contribution in [0.25, 0.3) is 0 Å². The third-order valence-electron chi connectivity index (χ3n) is 5.49. The van der Waals surface area contributed by atoms with Crippen LogP contribution < -0.4 is 14.8 Å². The average molecular weight is 556 g/mol. The van der Waals surface area contributed by atoms with Crippen molar-refractivity contribution in [1.29, 1.82) is 0 Å². The summed E-state index contributed by atoms with van der Waals surface area (Å²) in [5.74, 6) is -0.473. The van der Waals surface area contributed by atoms with Crippen LogP contribution in [0.3, 0.4) is 0 Å². The number of likely N-dealkylation sites (N-methyl/N-ethyl adjacent to an activating group) is 1. The number of ether oxygens (including phenoxy) is 2. The molecule has 0 radical (unpaired) electrons. The first-order chi connectivity index (χ1) is 17.3. The van der Waals surface area contributed by atoms with Crippen molar-refractivity contribution in [2.75, 3.05) is 20.8 Å². The first-order valence-corrected chi connectivity index (χ1v) is 11.9. The molecule has 0 heterocycles. The van der Waals surface area contributed by atoms with Gasteiger partial charge in [0.15, 0.2) is 6.61 Å². The second kappa shape index (κ2) is 12.7. The number of rotatable bonds is 11. The molecule has 0 saturated heterocycles. The summed E-state index contributed by atoms with van der Waals surface area (Å²) < 4.78 is 11.6. The van der Waals surface area contributed by atoms with E-state index < -0.39 is 16.9 Å². The molecule has 1 atom stereocenters. The molecule has 3 aromatic rings. The minimum Gasteiger partial charge on any atom is -0.490 e. The predicted molar refractivity (Wildman–Crippen MR) is 138 cm³/mol. The van der Waals surface area contributed by atoms with E-state index >= 15 is 0 Å². The van der Waals surface area contributed by atoms with Gasteiger partial charge in [-0.25, -0.2) is 0 Å². The smallest absolute Gasteiger partial charge is 0.311 e. The van der Waals surface area contributed by atoms with Crippen LogP contribution in [0.2, 0.25) is 0 Å². The molecular formula is C26H26BrN3O6. The minimum atomic E-state index is -0.788. The van der Waals surface area contributed by atoms with E-state index in [4.69, 9.17) is 9.47 Å². The summed E-state index contributed by atoms with van der Waals surface area (Å²) in [4.78, 5) is 38.4. The van der Waals surface area contributed by atoms with Crippen LogP contribution in [0.15, 0.2) is 77.3 Å². The summed E-state index contributed by atoms with van der Waals surface area (Å²) >= 11 is 3.41. The highest BCUT2D eigenvalue weighted by Gasteiger charge is 2.30. The first kappa shape index (κ1) is 26.7. The van der Waals surface area contributed by atoms with Crippen molar-refractivity contribution in [3.63, 3.8) is 0 Å². The van der Waals surface area contributed by atoms with Gasteiger partial charge in [0.05, 0.1) is 12.0 Å². The molecular weight excluding hydrogens is 530 g/mol. The van der Waals surface area contributed by atoms with E-state index in [-0.39, 0.29) is 36.2 Å². The number of nitrogens with zero attached hydrogens (tertiary/aromatic N) is 2. The van der Waals surface area contributed by atoms with Gasteiger partial charge in [0.2, 0.25) is 11.7 Å². The molecule has 0 fully saturated rings. The molecule has 36 heavy (non-hydrogen) atoms. The SMILES string of the molecule is CNC(=O)[C@H](Cc1ccccc1)N(Cc1ccc(Br)cc1)C(=O)COc1ccc([N+](=O)[O-])c(OC)c1. The summed E-state index contributed by atoms with van der Waals surface area (Å²) in [6, 6.07) is 20.1. The lowest BCUT2D eigenvalue weighted by Gasteiger charge is -2.31. The number of benzene rings is 3. The van der Waals surface area contributed by atoms with Crippen molar-refractivity contribution < 1.29 is 24.0 Å². The Hall–Kier alpha value is -3.92. The number of nitrogens with one attached hydrogen (secondary N) is 1. The van der Waals surface area contributed by atoms with Gasteiger partial charge in [-0.2, -0.15) is 0 Å². The molecule has 3 aromatic carbocycles. The van der Waals surface area contributed by atoms with E-state index in [0.29, 0.717) is 6.42 Å². The van der Waals surface area contributed by atoms with E-state index in [0.717, 1.165) is 15.6 Å². The van der Waals surface area contributed by atoms with E-state index in [1.54, 1.807) is 0 Å². The number of methoxy groups -OCH3 is 1. The summed E-state index contributed by atoms with van der Waals surface area (Å²) in [5.41, 5.74) is 1.53. The maximum Gasteiger partial charge on any atom is 0.311 e. The summed E-state index contributed by atoms with van der Waals surface area (Å²) in [6.07, 6.45) is 0.314. The zero-order valence-corrected chi connectivity index (χ0v) is 21.4. The van der Waals surface area contributed by atoms with Gasteiger partial charge < -0.3 is 19.7 Å². The number of amides is 2. The number of nitro groups is 1. The Balaban J connectivity index is 1.87. The second-order valence-corrected chi connectivity index (χ2v) is 8.76. The van der Waals surface area contributed by atoms with Crippen molar-refractivity contribution in [2.24, 2.45) is 0 Å². The Labute approximate surface area is 217 Å². The molecule has 2 amide bonds. The molecule has 0 aliphatic rings. The first-order valence-electron chi connectivity index (χ1n) is 11.1. The van der Waals surface area contributed by atoms with Gasteiger partial charge in [-0.1, -0.05) is 58.4 Å². The molecule has 0 spiro atoms. The van der Waals surface area contributed by atoms with Gasteiger partial charge in [0.25, 0.3) is 5.91 Å². The fourth-order valence-corrected chi connectivity index (χ4v) is 3.90. The van der Waals surface area contributed by atoms with Gasteiger partial charge in [-0.3, -0.25) is 19.7 Å². The van der Waals surface area contributed by atoms with Gasteiger partial charge >= 0.3 is 5.69 Å². The van der Waals surface area contributed by atoms with Crippen molar-refractivity contribution in [3.8, 4) is 11.5 Å². The standard InChI is InChI=1S/C26H26BrN3O6/c1-28-26(32)23(14-18-6-4-3-5-7-18)29(16-19-8-10-20(27)11-9-19)25(31)17-36-21-12-13-22(30(33)34)24(15-21)35-2/h3-13,15,23H,14,16-17H2,1-2H3,(H,28,32)/t23-/m0/s1. The Morgan fingerprint density at radius 2 is 1.75 bits per heavy atom. The highest BCUT2D eigenvalue weighted by molar-refractivity contribution is 9.10. The predicted octanol–water partition coefficient (Wildman–Crippen LogP) is 4.13. The zero-order chi connectivity index (χ0) is 26.1. The number of carbonyl (C=O) groups is 2. The normalized spacial score (nSPS) is 11.3. The maximum atomic E-state index is 13.4. The molecule has 0 saturated carbocycles. The summed E-state index contributed by atoms with van der Waals surface area (Å²) in [6.45, 7) is -0.191. The minimum absolute atomic E-state index is 0.0176. The van der Waals surface area contributed by atoms with E-state index in [2.05, 4.69) is 21.2 Å². The maximum absolute atomic E-state index is 13.4. The van der Waals surface area contributed by atoms with Crippen LogP contribution in [0.4, 0.5) is 5.69 Å². The Morgan fingerprint density at radius 3 is 2.36 bits per heavy atom. The fourth-order valence-electron chi connectivity index (χ4n) is 3.63. The lowest BCUT2D eigenvalue weighted by Crippen LogP contribution is -2.51. The Kier molecular flexibility index (Phi) is 9.40. The van der Waals surface area contributed by atoms with Gasteiger partial charge in [0.1, 0.15) is 11.8 Å². The lowest BCUT2D eigenvalue weighted by molar-refractivity contribution is -0.385. The molecule has 0 aliphatic carbocycles. The third-order valence-corrected chi connectivity index (χ3v) is 6.02. The highest BCUT2D eigenvalue weighted by Crippen LogP contribution is 2.30. The number of carbonyl (C=O) groups excluding carboxylic acids is 2. The number of hydrogen-bond donors (Lipinski definition) is 1. The van der Waals surface area contributed by atoms with Crippen molar-refractivity contribution in [1.82, 2.24) is 10.2 Å². The van der Waals surface area contributed by atoms with Crippen molar-refractivity contribution in [2.45, 2.75) is 19.0 Å². The molecule has 9 nitrogen and oxygen atoms in total. The van der Waals surface area contributed by atoms with Crippen LogP contribution in [0.1, 0.15) is 11.1 Å². The highest BCUT2D eigenvalue weighted by atomic mass is 79.9. The fraction of sp³-hybridized carbons (Fsp3) is 0.231. The third kappa shape index (κ3) is 7.05. The van der Waals surface area contributed by atoms with Gasteiger partial charge in [-0.05, 0) is 29.3 Å². The van der Waals surface area contributed by atoms with Crippen LogP contribution in [0, 0.1) is 10.1 Å². The Bertz CT molecular complexity index is 1200. The van der Waals surface area contributed by atoms with Gasteiger partial charge in [0, 0.05) is 36.6 Å². The van der Waals surface area contributed by atoms with E-state index in [1.165, 1.54) is 37.3 Å². The van der Waals surface area contributed by atoms with Crippen molar-refractivity contribution >= 4 is 33.4 Å². The van der Waals surface area contributed by atoms with Crippen LogP contribution in [-0.2, 0) is 22.6 Å². The second-order valence-electron chi connectivity index (χ2n) is 7.85. The molecule has 0 aromatic heterocycles. The zero-order valence-electron chi connectivity index (χ0n) is 19.8. The number of hydrogen-bond acceptors (Lipinski definition) is 6. The monoisotopic (exact) mass is 555 g/mol. The summed E-state index contributed by atoms with van der Waals surface area (Å²) in [5, 5.41) is 13.8. The summed E-state index contributed by atoms with van der Waals surface area (Å²) in [7, 11) is 2.84. The van der Waals surface area contributed by atoms with Crippen LogP contribution in [0.5, 0.6) is 11.5 Å². The topological polar surface area (TPSA) is 111 Å². The van der Waals surface area contributed by atoms with Crippen LogP contribution in [-0.4, -0.2) is 48.4 Å². The molecule has 10 heteroatoms.